The van der Waals surface area contributed by atoms with Crippen molar-refractivity contribution in [1.29, 1.82) is 0 Å². The maximum absolute atomic E-state index is 13.3. The molecule has 2 aromatic carbocycles. The van der Waals surface area contributed by atoms with Gasteiger partial charge in [0, 0.05) is 36.6 Å². The Labute approximate surface area is 218 Å². The predicted molar refractivity (Wildman–Crippen MR) is 142 cm³/mol. The zero-order valence-electron chi connectivity index (χ0n) is 20.8. The molecule has 10 heteroatoms. The molecule has 2 amide bonds. The number of hydrogen-bond donors (Lipinski definition) is 1. The van der Waals surface area contributed by atoms with Crippen LogP contribution in [-0.2, 0) is 26.2 Å². The molecule has 0 aliphatic carbocycles. The minimum Gasteiger partial charge on any atom is -0.357 e. The minimum absolute atomic E-state index is 0.0651. The second-order valence-corrected chi connectivity index (χ2v) is 11.3. The molecular weight excluding hydrogens is 509 g/mol. The molecule has 0 aromatic heterocycles. The van der Waals surface area contributed by atoms with Crippen LogP contribution in [0.1, 0.15) is 42.9 Å². The molecule has 35 heavy (non-hydrogen) atoms. The average Bonchev–Trinajstić information content (AvgIpc) is 2.78. The first-order valence-corrected chi connectivity index (χ1v) is 14.0. The summed E-state index contributed by atoms with van der Waals surface area (Å²) in [6.07, 6.45) is 1.92. The van der Waals surface area contributed by atoms with Crippen LogP contribution in [-0.4, -0.2) is 51.0 Å². The Morgan fingerprint density at radius 1 is 1.09 bits per heavy atom. The third-order valence-electron chi connectivity index (χ3n) is 5.77. The molecule has 2 aromatic rings. The van der Waals surface area contributed by atoms with Gasteiger partial charge in [-0.2, -0.15) is 0 Å². The number of carbonyl (C=O) groups excluding carboxylic acids is 2. The molecule has 0 saturated carbocycles. The fourth-order valence-corrected chi connectivity index (χ4v) is 5.37. The highest BCUT2D eigenvalue weighted by atomic mass is 35.5. The van der Waals surface area contributed by atoms with Crippen LogP contribution in [0.3, 0.4) is 0 Å². The van der Waals surface area contributed by atoms with Crippen molar-refractivity contribution in [2.45, 2.75) is 52.6 Å². The maximum Gasteiger partial charge on any atom is 0.242 e. The summed E-state index contributed by atoms with van der Waals surface area (Å²) < 4.78 is 26.4. The van der Waals surface area contributed by atoms with Crippen molar-refractivity contribution in [2.24, 2.45) is 0 Å². The molecular formula is C25H33Cl2N3O4S. The van der Waals surface area contributed by atoms with E-state index in [2.05, 4.69) is 5.32 Å². The van der Waals surface area contributed by atoms with Crippen LogP contribution in [0.4, 0.5) is 5.69 Å². The number of nitrogens with one attached hydrogen (secondary N) is 1. The second-order valence-electron chi connectivity index (χ2n) is 8.52. The Balaban J connectivity index is 2.26. The van der Waals surface area contributed by atoms with E-state index < -0.39 is 16.1 Å². The molecule has 0 saturated heterocycles. The molecule has 1 atom stereocenters. The SMILES string of the molecule is CC[C@H](C(=O)NC)N(Cc1ccc(Cl)cc1Cl)C(=O)CCCN(c1cc(C)ccc1C)S(C)(=O)=O. The standard InChI is InChI=1S/C25H33Cl2N3O4S/c1-6-22(25(32)28-4)29(16-19-11-12-20(26)15-21(19)27)24(31)8-7-13-30(35(5,33)34)23-14-17(2)9-10-18(23)3/h9-12,14-15,22H,6-8,13,16H2,1-5H3,(H,28,32)/t22-/m1/s1. The Morgan fingerprint density at radius 3 is 2.34 bits per heavy atom. The average molecular weight is 543 g/mol. The highest BCUT2D eigenvalue weighted by Crippen LogP contribution is 2.26. The first-order chi connectivity index (χ1) is 16.4. The van der Waals surface area contributed by atoms with E-state index in [1.807, 2.05) is 39.0 Å². The van der Waals surface area contributed by atoms with E-state index in [0.29, 0.717) is 27.7 Å². The van der Waals surface area contributed by atoms with Crippen molar-refractivity contribution < 1.29 is 18.0 Å². The number of halogens is 2. The van der Waals surface area contributed by atoms with Gasteiger partial charge in [0.1, 0.15) is 6.04 Å². The van der Waals surface area contributed by atoms with Gasteiger partial charge in [-0.05, 0) is 61.6 Å². The molecule has 7 nitrogen and oxygen atoms in total. The summed E-state index contributed by atoms with van der Waals surface area (Å²) >= 11 is 12.3. The number of likely N-dealkylation sites (N-methyl/N-ethyl adjacent to an activating group) is 1. The fraction of sp³-hybridized carbons (Fsp3) is 0.440. The monoisotopic (exact) mass is 541 g/mol. The number of rotatable bonds is 11. The maximum atomic E-state index is 13.3. The molecule has 0 spiro atoms. The molecule has 0 radical (unpaired) electrons. The van der Waals surface area contributed by atoms with Crippen LogP contribution >= 0.6 is 23.2 Å². The number of anilines is 1. The zero-order valence-corrected chi connectivity index (χ0v) is 23.1. The van der Waals surface area contributed by atoms with Gasteiger partial charge >= 0.3 is 0 Å². The van der Waals surface area contributed by atoms with E-state index in [-0.39, 0.29) is 37.7 Å². The summed E-state index contributed by atoms with van der Waals surface area (Å²) in [7, 11) is -2.03. The fourth-order valence-electron chi connectivity index (χ4n) is 3.89. The Morgan fingerprint density at radius 2 is 1.77 bits per heavy atom. The van der Waals surface area contributed by atoms with Gasteiger partial charge in [0.05, 0.1) is 11.9 Å². The molecule has 0 bridgehead atoms. The van der Waals surface area contributed by atoms with Crippen molar-refractivity contribution in [3.63, 3.8) is 0 Å². The van der Waals surface area contributed by atoms with Crippen molar-refractivity contribution >= 4 is 50.7 Å². The van der Waals surface area contributed by atoms with Gasteiger partial charge in [-0.3, -0.25) is 13.9 Å². The highest BCUT2D eigenvalue weighted by molar-refractivity contribution is 7.92. The molecule has 0 aliphatic heterocycles. The van der Waals surface area contributed by atoms with Crippen LogP contribution in [0.15, 0.2) is 36.4 Å². The Bertz CT molecular complexity index is 1170. The number of carbonyl (C=O) groups is 2. The third-order valence-corrected chi connectivity index (χ3v) is 7.54. The summed E-state index contributed by atoms with van der Waals surface area (Å²) in [4.78, 5) is 27.4. The van der Waals surface area contributed by atoms with E-state index in [1.54, 1.807) is 18.2 Å². The van der Waals surface area contributed by atoms with E-state index in [1.165, 1.54) is 16.3 Å². The van der Waals surface area contributed by atoms with Gasteiger partial charge in [-0.15, -0.1) is 0 Å². The third kappa shape index (κ3) is 7.85. The van der Waals surface area contributed by atoms with Crippen molar-refractivity contribution in [3.05, 3.63) is 63.1 Å². The largest absolute Gasteiger partial charge is 0.357 e. The van der Waals surface area contributed by atoms with Gasteiger partial charge < -0.3 is 10.2 Å². The first kappa shape index (κ1) is 28.9. The molecule has 2 rings (SSSR count). The summed E-state index contributed by atoms with van der Waals surface area (Å²) in [5.74, 6) is -0.542. The van der Waals surface area contributed by atoms with E-state index in [4.69, 9.17) is 23.2 Å². The van der Waals surface area contributed by atoms with Gasteiger partial charge in [-0.25, -0.2) is 8.42 Å². The minimum atomic E-state index is -3.56. The number of aryl methyl sites for hydroxylation is 2. The van der Waals surface area contributed by atoms with Gasteiger partial charge in [-0.1, -0.05) is 48.3 Å². The molecule has 0 aliphatic rings. The van der Waals surface area contributed by atoms with Crippen molar-refractivity contribution in [1.82, 2.24) is 10.2 Å². The number of benzene rings is 2. The summed E-state index contributed by atoms with van der Waals surface area (Å²) in [5, 5.41) is 3.49. The zero-order chi connectivity index (χ0) is 26.3. The molecule has 0 unspecified atom stereocenters. The number of nitrogens with zero attached hydrogens (tertiary/aromatic N) is 2. The molecule has 1 N–H and O–H groups in total. The van der Waals surface area contributed by atoms with Crippen LogP contribution < -0.4 is 9.62 Å². The topological polar surface area (TPSA) is 86.8 Å². The van der Waals surface area contributed by atoms with Crippen LogP contribution in [0.5, 0.6) is 0 Å². The van der Waals surface area contributed by atoms with Crippen molar-refractivity contribution in [3.8, 4) is 0 Å². The lowest BCUT2D eigenvalue weighted by Crippen LogP contribution is -2.48. The van der Waals surface area contributed by atoms with E-state index in [0.717, 1.165) is 17.4 Å². The van der Waals surface area contributed by atoms with Crippen LogP contribution in [0.25, 0.3) is 0 Å². The second kappa shape index (κ2) is 12.6. The predicted octanol–water partition coefficient (Wildman–Crippen LogP) is 4.71. The lowest BCUT2D eigenvalue weighted by atomic mass is 10.1. The highest BCUT2D eigenvalue weighted by Gasteiger charge is 2.29. The van der Waals surface area contributed by atoms with Crippen molar-refractivity contribution in [2.75, 3.05) is 24.2 Å². The van der Waals surface area contributed by atoms with Crippen LogP contribution in [0.2, 0.25) is 10.0 Å². The quantitative estimate of drug-likeness (QED) is 0.446. The Kier molecular flexibility index (Phi) is 10.4. The number of amides is 2. The normalized spacial score (nSPS) is 12.2. The lowest BCUT2D eigenvalue weighted by Gasteiger charge is -2.31. The first-order valence-electron chi connectivity index (χ1n) is 11.4. The lowest BCUT2D eigenvalue weighted by molar-refractivity contribution is -0.141. The number of sulfonamides is 1. The van der Waals surface area contributed by atoms with Gasteiger partial charge in [0.15, 0.2) is 0 Å². The molecule has 192 valence electrons. The van der Waals surface area contributed by atoms with E-state index in [9.17, 15) is 18.0 Å². The molecule has 0 fully saturated rings. The summed E-state index contributed by atoms with van der Waals surface area (Å²) in [5.41, 5.74) is 3.04. The summed E-state index contributed by atoms with van der Waals surface area (Å²) in [6.45, 7) is 5.85. The number of hydrogen-bond acceptors (Lipinski definition) is 4. The Hall–Kier alpha value is -2.29. The summed E-state index contributed by atoms with van der Waals surface area (Å²) in [6, 6.07) is 9.94. The van der Waals surface area contributed by atoms with E-state index >= 15 is 0 Å². The smallest absolute Gasteiger partial charge is 0.242 e. The van der Waals surface area contributed by atoms with Crippen LogP contribution in [0, 0.1) is 13.8 Å². The van der Waals surface area contributed by atoms with Gasteiger partial charge in [0.25, 0.3) is 0 Å². The van der Waals surface area contributed by atoms with Gasteiger partial charge in [0.2, 0.25) is 21.8 Å². The molecule has 0 heterocycles.